The Morgan fingerprint density at radius 2 is 2.05 bits per heavy atom. The van der Waals surface area contributed by atoms with Crippen molar-refractivity contribution in [3.63, 3.8) is 0 Å². The standard InChI is InChI=1S/C15H17ClN2O3/c1-3-21-15(20)13-9(2)17-12(8-19)18-14(13)10-4-6-11(16)7-5-10/h4-8,12,14,17-18H,3H2,1-2H3. The average Bonchev–Trinajstić information content (AvgIpc) is 2.47. The summed E-state index contributed by atoms with van der Waals surface area (Å²) in [6, 6.07) is 6.71. The lowest BCUT2D eigenvalue weighted by Gasteiger charge is -2.32. The molecule has 0 radical (unpaired) electrons. The number of aldehydes is 1. The van der Waals surface area contributed by atoms with Crippen molar-refractivity contribution in [3.05, 3.63) is 46.1 Å². The zero-order valence-corrected chi connectivity index (χ0v) is 12.6. The molecule has 0 spiro atoms. The Morgan fingerprint density at radius 1 is 1.38 bits per heavy atom. The van der Waals surface area contributed by atoms with Gasteiger partial charge in [-0.2, -0.15) is 0 Å². The molecule has 1 heterocycles. The van der Waals surface area contributed by atoms with Crippen LogP contribution < -0.4 is 10.6 Å². The number of rotatable bonds is 4. The summed E-state index contributed by atoms with van der Waals surface area (Å²) in [5.74, 6) is -0.403. The van der Waals surface area contributed by atoms with Crippen molar-refractivity contribution in [1.82, 2.24) is 10.6 Å². The van der Waals surface area contributed by atoms with E-state index in [0.29, 0.717) is 22.9 Å². The summed E-state index contributed by atoms with van der Waals surface area (Å²) < 4.78 is 5.10. The molecular weight excluding hydrogens is 292 g/mol. The Labute approximate surface area is 128 Å². The SMILES string of the molecule is CCOC(=O)C1=C(C)NC(C=O)NC1c1ccc(Cl)cc1. The third kappa shape index (κ3) is 3.43. The molecule has 1 aromatic rings. The number of esters is 1. The summed E-state index contributed by atoms with van der Waals surface area (Å²) in [6.07, 6.45) is 0.206. The highest BCUT2D eigenvalue weighted by Crippen LogP contribution is 2.28. The predicted octanol–water partition coefficient (Wildman–Crippen LogP) is 1.94. The lowest BCUT2D eigenvalue weighted by molar-refractivity contribution is -0.139. The van der Waals surface area contributed by atoms with Crippen molar-refractivity contribution in [3.8, 4) is 0 Å². The Morgan fingerprint density at radius 3 is 2.62 bits per heavy atom. The Hall–Kier alpha value is -1.85. The Balaban J connectivity index is 2.42. The van der Waals surface area contributed by atoms with Gasteiger partial charge < -0.3 is 10.1 Å². The Kier molecular flexibility index (Phi) is 4.98. The van der Waals surface area contributed by atoms with E-state index in [1.807, 2.05) is 12.1 Å². The molecule has 6 heteroatoms. The number of benzene rings is 1. The van der Waals surface area contributed by atoms with E-state index in [4.69, 9.17) is 16.3 Å². The zero-order chi connectivity index (χ0) is 15.4. The van der Waals surface area contributed by atoms with E-state index >= 15 is 0 Å². The highest BCUT2D eigenvalue weighted by Gasteiger charge is 2.32. The highest BCUT2D eigenvalue weighted by atomic mass is 35.5. The number of halogens is 1. The highest BCUT2D eigenvalue weighted by molar-refractivity contribution is 6.30. The first-order valence-corrected chi connectivity index (χ1v) is 7.05. The molecule has 0 aromatic heterocycles. The van der Waals surface area contributed by atoms with Crippen molar-refractivity contribution in [1.29, 1.82) is 0 Å². The molecule has 0 bridgehead atoms. The van der Waals surface area contributed by atoms with Gasteiger partial charge in [-0.05, 0) is 31.5 Å². The molecule has 21 heavy (non-hydrogen) atoms. The maximum Gasteiger partial charge on any atom is 0.337 e. The molecule has 1 aromatic carbocycles. The van der Waals surface area contributed by atoms with Crippen LogP contribution in [-0.4, -0.2) is 25.0 Å². The van der Waals surface area contributed by atoms with Crippen LogP contribution >= 0.6 is 11.6 Å². The molecule has 5 nitrogen and oxygen atoms in total. The van der Waals surface area contributed by atoms with Gasteiger partial charge >= 0.3 is 5.97 Å². The second-order valence-corrected chi connectivity index (χ2v) is 5.10. The summed E-state index contributed by atoms with van der Waals surface area (Å²) in [7, 11) is 0. The minimum Gasteiger partial charge on any atom is -0.463 e. The average molecular weight is 309 g/mol. The van der Waals surface area contributed by atoms with Gasteiger partial charge in [0.1, 0.15) is 6.17 Å². The summed E-state index contributed by atoms with van der Waals surface area (Å²) in [5, 5.41) is 6.63. The van der Waals surface area contributed by atoms with E-state index in [9.17, 15) is 9.59 Å². The summed E-state index contributed by atoms with van der Waals surface area (Å²) in [5.41, 5.74) is 1.94. The molecule has 0 saturated carbocycles. The maximum absolute atomic E-state index is 12.2. The predicted molar refractivity (Wildman–Crippen MR) is 79.6 cm³/mol. The summed E-state index contributed by atoms with van der Waals surface area (Å²) in [4.78, 5) is 23.2. The van der Waals surface area contributed by atoms with Crippen LogP contribution in [0, 0.1) is 0 Å². The molecule has 1 aliphatic heterocycles. The molecule has 0 aliphatic carbocycles. The third-order valence-corrected chi connectivity index (χ3v) is 3.50. The fraction of sp³-hybridized carbons (Fsp3) is 0.333. The van der Waals surface area contributed by atoms with Crippen LogP contribution in [-0.2, 0) is 14.3 Å². The molecule has 2 unspecified atom stereocenters. The van der Waals surface area contributed by atoms with Crippen LogP contribution in [0.2, 0.25) is 5.02 Å². The number of ether oxygens (including phenoxy) is 1. The molecule has 112 valence electrons. The van der Waals surface area contributed by atoms with Crippen LogP contribution in [0.3, 0.4) is 0 Å². The van der Waals surface area contributed by atoms with E-state index < -0.39 is 18.2 Å². The van der Waals surface area contributed by atoms with Gasteiger partial charge in [0.05, 0.1) is 18.2 Å². The van der Waals surface area contributed by atoms with Crippen LogP contribution in [0.5, 0.6) is 0 Å². The van der Waals surface area contributed by atoms with Crippen molar-refractivity contribution in [2.75, 3.05) is 6.61 Å². The Bertz CT molecular complexity index is 569. The molecular formula is C15H17ClN2O3. The molecule has 0 amide bonds. The van der Waals surface area contributed by atoms with Gasteiger partial charge in [0, 0.05) is 10.7 Å². The van der Waals surface area contributed by atoms with Gasteiger partial charge in [-0.15, -0.1) is 0 Å². The van der Waals surface area contributed by atoms with Crippen molar-refractivity contribution in [2.45, 2.75) is 26.1 Å². The normalized spacial score (nSPS) is 21.7. The molecule has 1 aliphatic rings. The first kappa shape index (κ1) is 15.5. The van der Waals surface area contributed by atoms with E-state index in [0.717, 1.165) is 11.8 Å². The minimum atomic E-state index is -0.552. The number of allylic oxidation sites excluding steroid dienone is 1. The lowest BCUT2D eigenvalue weighted by atomic mass is 9.95. The quantitative estimate of drug-likeness (QED) is 0.657. The first-order valence-electron chi connectivity index (χ1n) is 6.68. The molecule has 2 rings (SSSR count). The summed E-state index contributed by atoms with van der Waals surface area (Å²) in [6.45, 7) is 3.80. The first-order chi connectivity index (χ1) is 10.1. The third-order valence-electron chi connectivity index (χ3n) is 3.25. The smallest absolute Gasteiger partial charge is 0.337 e. The fourth-order valence-corrected chi connectivity index (χ4v) is 2.43. The van der Waals surface area contributed by atoms with E-state index in [2.05, 4.69) is 10.6 Å². The largest absolute Gasteiger partial charge is 0.463 e. The zero-order valence-electron chi connectivity index (χ0n) is 11.9. The van der Waals surface area contributed by atoms with Crippen molar-refractivity contribution >= 4 is 23.9 Å². The molecule has 0 fully saturated rings. The second kappa shape index (κ2) is 6.74. The van der Waals surface area contributed by atoms with Crippen molar-refractivity contribution in [2.24, 2.45) is 0 Å². The van der Waals surface area contributed by atoms with Crippen LogP contribution in [0.15, 0.2) is 35.5 Å². The lowest BCUT2D eigenvalue weighted by Crippen LogP contribution is -2.50. The van der Waals surface area contributed by atoms with Crippen LogP contribution in [0.1, 0.15) is 25.5 Å². The summed E-state index contributed by atoms with van der Waals surface area (Å²) >= 11 is 5.89. The van der Waals surface area contributed by atoms with Gasteiger partial charge in [-0.3, -0.25) is 10.1 Å². The number of nitrogens with one attached hydrogen (secondary N) is 2. The van der Waals surface area contributed by atoms with E-state index in [-0.39, 0.29) is 0 Å². The number of hydrogen-bond acceptors (Lipinski definition) is 5. The fourth-order valence-electron chi connectivity index (χ4n) is 2.30. The van der Waals surface area contributed by atoms with Crippen LogP contribution in [0.25, 0.3) is 0 Å². The van der Waals surface area contributed by atoms with Crippen LogP contribution in [0.4, 0.5) is 0 Å². The monoisotopic (exact) mass is 308 g/mol. The van der Waals surface area contributed by atoms with Crippen molar-refractivity contribution < 1.29 is 14.3 Å². The van der Waals surface area contributed by atoms with E-state index in [1.165, 1.54) is 0 Å². The molecule has 0 saturated heterocycles. The van der Waals surface area contributed by atoms with Gasteiger partial charge in [-0.25, -0.2) is 4.79 Å². The van der Waals surface area contributed by atoms with Gasteiger partial charge in [0.25, 0.3) is 0 Å². The number of hydrogen-bond donors (Lipinski definition) is 2. The molecule has 2 atom stereocenters. The molecule has 2 N–H and O–H groups in total. The number of carbonyl (C=O) groups excluding carboxylic acids is 2. The van der Waals surface area contributed by atoms with Gasteiger partial charge in [-0.1, -0.05) is 23.7 Å². The number of carbonyl (C=O) groups is 2. The van der Waals surface area contributed by atoms with Gasteiger partial charge in [0.2, 0.25) is 0 Å². The maximum atomic E-state index is 12.2. The minimum absolute atomic E-state index is 0.292. The van der Waals surface area contributed by atoms with Gasteiger partial charge in [0.15, 0.2) is 6.29 Å². The second-order valence-electron chi connectivity index (χ2n) is 4.67. The topological polar surface area (TPSA) is 67.4 Å². The van der Waals surface area contributed by atoms with E-state index in [1.54, 1.807) is 26.0 Å².